The topological polar surface area (TPSA) is 83.0 Å². The van der Waals surface area contributed by atoms with Crippen molar-refractivity contribution in [3.8, 4) is 0 Å². The fourth-order valence-corrected chi connectivity index (χ4v) is 4.14. The number of benzene rings is 1. The summed E-state index contributed by atoms with van der Waals surface area (Å²) in [6.45, 7) is 10.9. The van der Waals surface area contributed by atoms with Crippen molar-refractivity contribution in [2.45, 2.75) is 44.7 Å². The molecule has 1 saturated heterocycles. The molecule has 0 unspecified atom stereocenters. The summed E-state index contributed by atoms with van der Waals surface area (Å²) in [5, 5.41) is 3.35. The van der Waals surface area contributed by atoms with Gasteiger partial charge in [0.1, 0.15) is 0 Å². The summed E-state index contributed by atoms with van der Waals surface area (Å²) in [7, 11) is -0.237. The lowest BCUT2D eigenvalue weighted by Crippen LogP contribution is -2.72. The Morgan fingerprint density at radius 3 is 2.56 bits per heavy atom. The fourth-order valence-electron chi connectivity index (χ4n) is 3.06. The molecule has 0 amide bonds. The second-order valence-electron chi connectivity index (χ2n) is 7.97. The summed E-state index contributed by atoms with van der Waals surface area (Å²) >= 11 is 0. The van der Waals surface area contributed by atoms with Gasteiger partial charge in [0.25, 0.3) is 0 Å². The number of ether oxygens (including phenoxy) is 1. The zero-order valence-electron chi connectivity index (χ0n) is 17.2. The van der Waals surface area contributed by atoms with Crippen LogP contribution in [0, 0.1) is 5.41 Å². The third-order valence-corrected chi connectivity index (χ3v) is 7.07. The Labute approximate surface area is 163 Å². The highest BCUT2D eigenvalue weighted by molar-refractivity contribution is 7.89. The van der Waals surface area contributed by atoms with Crippen LogP contribution in [0.25, 0.3) is 0 Å². The van der Waals surface area contributed by atoms with E-state index in [1.165, 1.54) is 7.11 Å². The number of aliphatic imine (C=N–C) groups is 1. The zero-order chi connectivity index (χ0) is 20.3. The monoisotopic (exact) mass is 396 g/mol. The normalized spacial score (nSPS) is 18.9. The number of nitrogens with one attached hydrogen (secondary N) is 2. The van der Waals surface area contributed by atoms with Gasteiger partial charge in [0, 0.05) is 44.7 Å². The molecule has 1 heterocycles. The van der Waals surface area contributed by atoms with Crippen LogP contribution >= 0.6 is 0 Å². The molecule has 2 N–H and O–H groups in total. The average molecular weight is 397 g/mol. The maximum atomic E-state index is 12.4. The summed E-state index contributed by atoms with van der Waals surface area (Å²) < 4.78 is 32.1. The number of methoxy groups -OCH3 is 1. The van der Waals surface area contributed by atoms with Gasteiger partial charge in [-0.15, -0.1) is 0 Å². The summed E-state index contributed by atoms with van der Waals surface area (Å²) in [6, 6.07) is 6.93. The SMILES string of the molecule is CN=C(NCc1cccc(S(=O)(=O)NCCOC)c1)N1CC(C)(C)C1(C)C. The first kappa shape index (κ1) is 21.7. The van der Waals surface area contributed by atoms with E-state index in [4.69, 9.17) is 4.74 Å². The predicted octanol–water partition coefficient (Wildman–Crippen LogP) is 1.81. The van der Waals surface area contributed by atoms with Gasteiger partial charge in [-0.25, -0.2) is 13.1 Å². The lowest BCUT2D eigenvalue weighted by molar-refractivity contribution is -0.0667. The summed E-state index contributed by atoms with van der Waals surface area (Å²) in [6.07, 6.45) is 0. The van der Waals surface area contributed by atoms with Crippen LogP contribution in [-0.2, 0) is 21.3 Å². The molecular formula is C19H32N4O3S. The van der Waals surface area contributed by atoms with E-state index in [0.29, 0.717) is 13.2 Å². The maximum absolute atomic E-state index is 12.4. The van der Waals surface area contributed by atoms with Crippen LogP contribution in [0.3, 0.4) is 0 Å². The quantitative estimate of drug-likeness (QED) is 0.417. The molecule has 0 aliphatic carbocycles. The largest absolute Gasteiger partial charge is 0.383 e. The summed E-state index contributed by atoms with van der Waals surface area (Å²) in [5.41, 5.74) is 1.10. The molecule has 7 nitrogen and oxygen atoms in total. The summed E-state index contributed by atoms with van der Waals surface area (Å²) in [4.78, 5) is 6.89. The first-order valence-electron chi connectivity index (χ1n) is 9.11. The third-order valence-electron chi connectivity index (χ3n) is 5.61. The van der Waals surface area contributed by atoms with E-state index in [2.05, 4.69) is 47.6 Å². The van der Waals surface area contributed by atoms with Crippen LogP contribution < -0.4 is 10.0 Å². The molecule has 0 radical (unpaired) electrons. The van der Waals surface area contributed by atoms with Gasteiger partial charge in [0.05, 0.1) is 11.5 Å². The highest BCUT2D eigenvalue weighted by Crippen LogP contribution is 2.46. The Morgan fingerprint density at radius 1 is 1.30 bits per heavy atom. The molecule has 0 spiro atoms. The highest BCUT2D eigenvalue weighted by atomic mass is 32.2. The van der Waals surface area contributed by atoms with Crippen molar-refractivity contribution in [2.24, 2.45) is 10.4 Å². The van der Waals surface area contributed by atoms with E-state index in [9.17, 15) is 8.42 Å². The molecule has 0 bridgehead atoms. The first-order valence-corrected chi connectivity index (χ1v) is 10.6. The Bertz CT molecular complexity index is 788. The van der Waals surface area contributed by atoms with Gasteiger partial charge >= 0.3 is 0 Å². The fraction of sp³-hybridized carbons (Fsp3) is 0.632. The van der Waals surface area contributed by atoms with Crippen LogP contribution in [0.1, 0.15) is 33.3 Å². The number of rotatable bonds is 7. The van der Waals surface area contributed by atoms with E-state index in [1.807, 2.05) is 6.07 Å². The first-order chi connectivity index (χ1) is 12.5. The lowest BCUT2D eigenvalue weighted by atomic mass is 9.65. The minimum absolute atomic E-state index is 0.00526. The Kier molecular flexibility index (Phi) is 6.55. The lowest BCUT2D eigenvalue weighted by Gasteiger charge is -2.62. The highest BCUT2D eigenvalue weighted by Gasteiger charge is 2.53. The van der Waals surface area contributed by atoms with Crippen molar-refractivity contribution in [3.05, 3.63) is 29.8 Å². The van der Waals surface area contributed by atoms with Crippen LogP contribution in [0.15, 0.2) is 34.2 Å². The molecule has 1 aromatic rings. The van der Waals surface area contributed by atoms with Gasteiger partial charge in [0.2, 0.25) is 10.0 Å². The van der Waals surface area contributed by atoms with Crippen LogP contribution in [0.2, 0.25) is 0 Å². The minimum Gasteiger partial charge on any atom is -0.383 e. The Hall–Kier alpha value is -1.64. The van der Waals surface area contributed by atoms with Crippen LogP contribution in [0.4, 0.5) is 0 Å². The van der Waals surface area contributed by atoms with Gasteiger partial charge in [-0.05, 0) is 31.5 Å². The van der Waals surface area contributed by atoms with E-state index < -0.39 is 10.0 Å². The van der Waals surface area contributed by atoms with Crippen molar-refractivity contribution in [1.29, 1.82) is 0 Å². The molecule has 1 aliphatic rings. The van der Waals surface area contributed by atoms with Gasteiger partial charge in [0.15, 0.2) is 5.96 Å². The Balaban J connectivity index is 2.04. The van der Waals surface area contributed by atoms with Gasteiger partial charge in [-0.3, -0.25) is 4.99 Å². The van der Waals surface area contributed by atoms with E-state index >= 15 is 0 Å². The van der Waals surface area contributed by atoms with Crippen molar-refractivity contribution >= 4 is 16.0 Å². The van der Waals surface area contributed by atoms with Gasteiger partial charge < -0.3 is 15.0 Å². The molecule has 152 valence electrons. The smallest absolute Gasteiger partial charge is 0.240 e. The van der Waals surface area contributed by atoms with E-state index in [1.54, 1.807) is 25.2 Å². The molecule has 0 atom stereocenters. The molecule has 1 aromatic carbocycles. The summed E-state index contributed by atoms with van der Waals surface area (Å²) in [5.74, 6) is 0.825. The molecule has 0 aromatic heterocycles. The van der Waals surface area contributed by atoms with Crippen molar-refractivity contribution in [3.63, 3.8) is 0 Å². The number of guanidine groups is 1. The van der Waals surface area contributed by atoms with Crippen molar-refractivity contribution < 1.29 is 13.2 Å². The molecule has 1 fully saturated rings. The second-order valence-corrected chi connectivity index (χ2v) is 9.73. The van der Waals surface area contributed by atoms with Crippen LogP contribution in [-0.4, -0.2) is 58.7 Å². The molecule has 2 rings (SSSR count). The van der Waals surface area contributed by atoms with Crippen molar-refractivity contribution in [1.82, 2.24) is 14.9 Å². The molecule has 1 aliphatic heterocycles. The number of hydrogen-bond acceptors (Lipinski definition) is 4. The van der Waals surface area contributed by atoms with Crippen molar-refractivity contribution in [2.75, 3.05) is 33.9 Å². The Morgan fingerprint density at radius 2 is 2.00 bits per heavy atom. The molecule has 8 heteroatoms. The predicted molar refractivity (Wildman–Crippen MR) is 108 cm³/mol. The third kappa shape index (κ3) is 4.62. The molecule has 27 heavy (non-hydrogen) atoms. The van der Waals surface area contributed by atoms with E-state index in [0.717, 1.165) is 18.1 Å². The minimum atomic E-state index is -3.54. The number of nitrogens with zero attached hydrogens (tertiary/aromatic N) is 2. The van der Waals surface area contributed by atoms with E-state index in [-0.39, 0.29) is 22.4 Å². The van der Waals surface area contributed by atoms with Crippen LogP contribution in [0.5, 0.6) is 0 Å². The molecule has 0 saturated carbocycles. The zero-order valence-corrected chi connectivity index (χ0v) is 18.0. The number of hydrogen-bond donors (Lipinski definition) is 2. The maximum Gasteiger partial charge on any atom is 0.240 e. The second kappa shape index (κ2) is 8.16. The van der Waals surface area contributed by atoms with Gasteiger partial charge in [-0.1, -0.05) is 26.0 Å². The molecular weight excluding hydrogens is 364 g/mol. The average Bonchev–Trinajstić information content (AvgIpc) is 2.61. The van der Waals surface area contributed by atoms with Gasteiger partial charge in [-0.2, -0.15) is 0 Å². The standard InChI is InChI=1S/C19H32N4O3S/c1-18(2)14-23(19(18,3)4)17(20-5)21-13-15-8-7-9-16(12-15)27(24,25)22-10-11-26-6/h7-9,12,22H,10-11,13-14H2,1-6H3,(H,20,21). The number of likely N-dealkylation sites (tertiary alicyclic amines) is 1. The number of sulfonamides is 1.